The highest BCUT2D eigenvalue weighted by atomic mass is 32.1. The van der Waals surface area contributed by atoms with E-state index in [1.54, 1.807) is 18.7 Å². The molecule has 3 atom stereocenters. The van der Waals surface area contributed by atoms with Gasteiger partial charge in [-0.25, -0.2) is 0 Å². The summed E-state index contributed by atoms with van der Waals surface area (Å²) in [6.45, 7) is 0.998. The summed E-state index contributed by atoms with van der Waals surface area (Å²) >= 11 is 1.24. The molecule has 0 saturated carbocycles. The molecule has 5 nitrogen and oxygen atoms in total. The van der Waals surface area contributed by atoms with Crippen LogP contribution < -0.4 is 20.7 Å². The molecule has 0 aliphatic carbocycles. The second kappa shape index (κ2) is 7.46. The van der Waals surface area contributed by atoms with E-state index in [4.69, 9.17) is 10.5 Å². The number of nitrogens with one attached hydrogen (secondary N) is 1. The van der Waals surface area contributed by atoms with Crippen LogP contribution in [0.5, 0.6) is 5.75 Å². The summed E-state index contributed by atoms with van der Waals surface area (Å²) in [5, 5.41) is 3.65. The van der Waals surface area contributed by atoms with Gasteiger partial charge in [-0.3, -0.25) is 4.79 Å². The molecule has 4 rings (SSSR count). The topological polar surface area (TPSA) is 69.3 Å². The maximum atomic E-state index is 12.1. The van der Waals surface area contributed by atoms with Gasteiger partial charge in [0.15, 0.2) is 0 Å². The lowest BCUT2D eigenvalue weighted by molar-refractivity contribution is 0.241. The number of aromatic nitrogens is 1. The summed E-state index contributed by atoms with van der Waals surface area (Å²) < 4.78 is 8.26. The molecule has 1 aliphatic heterocycles. The number of rotatable bonds is 4. The third-order valence-corrected chi connectivity index (χ3v) is 6.62. The molecule has 0 amide bonds. The average Bonchev–Trinajstić information content (AvgIpc) is 3.00. The van der Waals surface area contributed by atoms with Crippen molar-refractivity contribution in [3.63, 3.8) is 0 Å². The molecule has 142 valence electrons. The summed E-state index contributed by atoms with van der Waals surface area (Å²) in [6, 6.07) is 14.5. The Kier molecular flexibility index (Phi) is 5.04. The maximum Gasteiger partial charge on any atom is 0.307 e. The number of benzene rings is 2. The monoisotopic (exact) mass is 383 g/mol. The number of thiazole rings is 1. The number of aryl methyl sites for hydroxylation is 1. The summed E-state index contributed by atoms with van der Waals surface area (Å²) in [5.74, 6) is 1.01. The van der Waals surface area contributed by atoms with Crippen LogP contribution in [0.3, 0.4) is 0 Å². The van der Waals surface area contributed by atoms with Crippen molar-refractivity contribution in [1.29, 1.82) is 0 Å². The van der Waals surface area contributed by atoms with E-state index in [0.717, 1.165) is 40.9 Å². The van der Waals surface area contributed by atoms with Crippen LogP contribution in [0.25, 0.3) is 10.2 Å². The Morgan fingerprint density at radius 3 is 2.81 bits per heavy atom. The largest absolute Gasteiger partial charge is 0.496 e. The minimum Gasteiger partial charge on any atom is -0.496 e. The maximum absolute atomic E-state index is 12.1. The van der Waals surface area contributed by atoms with Gasteiger partial charge in [0.1, 0.15) is 5.75 Å². The van der Waals surface area contributed by atoms with Crippen LogP contribution in [-0.2, 0) is 7.05 Å². The van der Waals surface area contributed by atoms with E-state index in [-0.39, 0.29) is 22.9 Å². The molecule has 3 N–H and O–H groups in total. The molecule has 2 aromatic carbocycles. The van der Waals surface area contributed by atoms with Crippen LogP contribution >= 0.6 is 11.3 Å². The first-order valence-corrected chi connectivity index (χ1v) is 10.1. The second-order valence-electron chi connectivity index (χ2n) is 7.16. The summed E-state index contributed by atoms with van der Waals surface area (Å²) in [6.07, 6.45) is 2.15. The zero-order chi connectivity index (χ0) is 19.0. The number of nitrogens with zero attached hydrogens (tertiary/aromatic N) is 1. The second-order valence-corrected chi connectivity index (χ2v) is 8.16. The lowest BCUT2D eigenvalue weighted by Gasteiger charge is -2.37. The normalized spacial score (nSPS) is 21.3. The lowest BCUT2D eigenvalue weighted by Crippen LogP contribution is -2.39. The molecule has 1 saturated heterocycles. The quantitative estimate of drug-likeness (QED) is 0.725. The molecule has 1 aromatic heterocycles. The molecule has 1 fully saturated rings. The van der Waals surface area contributed by atoms with E-state index >= 15 is 0 Å². The van der Waals surface area contributed by atoms with Crippen LogP contribution in [0.4, 0.5) is 0 Å². The first kappa shape index (κ1) is 18.2. The standard InChI is InChI=1S/C21H25N3O2S/c1-24-16-11-15(17(26-2)12-18(16)27-21(24)25)19(22)14-9-6-10-23-20(14)13-7-4-3-5-8-13/h3-5,7-8,11-12,14,19-20,23H,6,9-10,22H2,1-2H3. The van der Waals surface area contributed by atoms with Crippen molar-refractivity contribution in [1.82, 2.24) is 9.88 Å². The van der Waals surface area contributed by atoms with Gasteiger partial charge in [0.2, 0.25) is 0 Å². The highest BCUT2D eigenvalue weighted by Crippen LogP contribution is 2.41. The first-order valence-electron chi connectivity index (χ1n) is 9.31. The van der Waals surface area contributed by atoms with Crippen molar-refractivity contribution in [2.75, 3.05) is 13.7 Å². The number of ether oxygens (including phenoxy) is 1. The van der Waals surface area contributed by atoms with Crippen molar-refractivity contribution in [2.24, 2.45) is 18.7 Å². The Hall–Kier alpha value is -2.15. The van der Waals surface area contributed by atoms with Gasteiger partial charge in [-0.05, 0) is 43.0 Å². The number of hydrogen-bond donors (Lipinski definition) is 2. The molecule has 0 spiro atoms. The van der Waals surface area contributed by atoms with Gasteiger partial charge in [-0.15, -0.1) is 0 Å². The van der Waals surface area contributed by atoms with Gasteiger partial charge < -0.3 is 20.4 Å². The fraction of sp³-hybridized carbons (Fsp3) is 0.381. The molecule has 0 bridgehead atoms. The fourth-order valence-corrected chi connectivity index (χ4v) is 5.05. The van der Waals surface area contributed by atoms with E-state index in [1.165, 1.54) is 16.9 Å². The molecule has 1 aliphatic rings. The van der Waals surface area contributed by atoms with Gasteiger partial charge >= 0.3 is 4.87 Å². The van der Waals surface area contributed by atoms with Crippen molar-refractivity contribution in [3.05, 3.63) is 63.3 Å². The molecule has 0 radical (unpaired) electrons. The van der Waals surface area contributed by atoms with Gasteiger partial charge in [0.05, 0.1) is 17.3 Å². The zero-order valence-electron chi connectivity index (χ0n) is 15.6. The highest BCUT2D eigenvalue weighted by molar-refractivity contribution is 7.16. The van der Waals surface area contributed by atoms with Gasteiger partial charge in [0.25, 0.3) is 0 Å². The van der Waals surface area contributed by atoms with Crippen molar-refractivity contribution in [2.45, 2.75) is 24.9 Å². The van der Waals surface area contributed by atoms with E-state index in [1.807, 2.05) is 18.2 Å². The van der Waals surface area contributed by atoms with E-state index in [2.05, 4.69) is 29.6 Å². The van der Waals surface area contributed by atoms with Crippen molar-refractivity contribution >= 4 is 21.6 Å². The van der Waals surface area contributed by atoms with Crippen LogP contribution in [0.2, 0.25) is 0 Å². The Labute approximate surface area is 162 Å². The lowest BCUT2D eigenvalue weighted by atomic mass is 9.79. The fourth-order valence-electron chi connectivity index (χ4n) is 4.16. The van der Waals surface area contributed by atoms with Crippen LogP contribution in [0.1, 0.15) is 36.1 Å². The minimum absolute atomic E-state index is 0.0271. The third kappa shape index (κ3) is 3.29. The van der Waals surface area contributed by atoms with Gasteiger partial charge in [-0.2, -0.15) is 0 Å². The Morgan fingerprint density at radius 2 is 2.07 bits per heavy atom. The third-order valence-electron chi connectivity index (χ3n) is 5.63. The van der Waals surface area contributed by atoms with E-state index in [9.17, 15) is 4.79 Å². The van der Waals surface area contributed by atoms with Crippen molar-refractivity contribution < 1.29 is 4.74 Å². The summed E-state index contributed by atoms with van der Waals surface area (Å²) in [5.41, 5.74) is 9.96. The Morgan fingerprint density at radius 1 is 1.30 bits per heavy atom. The minimum atomic E-state index is -0.183. The SMILES string of the molecule is COc1cc2sc(=O)n(C)c2cc1C(N)C1CCCNC1c1ccccc1. The van der Waals surface area contributed by atoms with E-state index in [0.29, 0.717) is 0 Å². The average molecular weight is 384 g/mol. The summed E-state index contributed by atoms with van der Waals surface area (Å²) in [4.78, 5) is 12.1. The molecule has 3 aromatic rings. The van der Waals surface area contributed by atoms with Crippen LogP contribution in [0.15, 0.2) is 47.3 Å². The Balaban J connectivity index is 1.77. The predicted molar refractivity (Wildman–Crippen MR) is 110 cm³/mol. The molecule has 2 heterocycles. The van der Waals surface area contributed by atoms with Crippen LogP contribution in [-0.4, -0.2) is 18.2 Å². The molecular formula is C21H25N3O2S. The molecule has 27 heavy (non-hydrogen) atoms. The molecule has 6 heteroatoms. The highest BCUT2D eigenvalue weighted by Gasteiger charge is 2.33. The van der Waals surface area contributed by atoms with Gasteiger partial charge in [0, 0.05) is 24.7 Å². The zero-order valence-corrected chi connectivity index (χ0v) is 16.5. The van der Waals surface area contributed by atoms with Gasteiger partial charge in [-0.1, -0.05) is 41.7 Å². The number of methoxy groups -OCH3 is 1. The first-order chi connectivity index (χ1) is 13.1. The van der Waals surface area contributed by atoms with Crippen molar-refractivity contribution in [3.8, 4) is 5.75 Å². The Bertz CT molecular complexity index is 996. The number of nitrogens with two attached hydrogens (primary N) is 1. The summed E-state index contributed by atoms with van der Waals surface area (Å²) in [7, 11) is 3.47. The molecule has 3 unspecified atom stereocenters. The number of piperidine rings is 1. The van der Waals surface area contributed by atoms with Crippen LogP contribution in [0, 0.1) is 5.92 Å². The molecular weight excluding hydrogens is 358 g/mol. The number of fused-ring (bicyclic) bond motifs is 1. The smallest absolute Gasteiger partial charge is 0.307 e. The predicted octanol–water partition coefficient (Wildman–Crippen LogP) is 3.35. The number of hydrogen-bond acceptors (Lipinski definition) is 5. The van der Waals surface area contributed by atoms with E-state index < -0.39 is 0 Å².